The number of nitrogens with one attached hydrogen (secondary N) is 1. The third-order valence-corrected chi connectivity index (χ3v) is 2.54. The van der Waals surface area contributed by atoms with E-state index in [4.69, 9.17) is 10.5 Å². The number of aromatic nitrogens is 4. The number of nitrogen functional groups attached to an aromatic ring is 1. The van der Waals surface area contributed by atoms with Gasteiger partial charge >= 0.3 is 6.01 Å². The maximum atomic E-state index is 5.81. The highest BCUT2D eigenvalue weighted by Crippen LogP contribution is 2.19. The Bertz CT molecular complexity index is 665. The molecule has 6 heteroatoms. The van der Waals surface area contributed by atoms with Crippen LogP contribution in [0.1, 0.15) is 5.56 Å². The second-order valence-electron chi connectivity index (χ2n) is 3.78. The average Bonchev–Trinajstić information content (AvgIpc) is 2.86. The zero-order valence-electron chi connectivity index (χ0n) is 9.50. The molecule has 0 aliphatic carbocycles. The van der Waals surface area contributed by atoms with Gasteiger partial charge in [0.25, 0.3) is 0 Å². The molecule has 0 fully saturated rings. The number of hydrogen-bond donors (Lipinski definition) is 2. The second kappa shape index (κ2) is 4.33. The molecule has 0 bridgehead atoms. The van der Waals surface area contributed by atoms with E-state index in [2.05, 4.69) is 19.9 Å². The highest BCUT2D eigenvalue weighted by molar-refractivity contribution is 5.85. The molecule has 0 saturated carbocycles. The smallest absolute Gasteiger partial charge is 0.320 e. The van der Waals surface area contributed by atoms with Gasteiger partial charge in [-0.2, -0.15) is 9.97 Å². The van der Waals surface area contributed by atoms with Crippen LogP contribution in [0.2, 0.25) is 0 Å². The van der Waals surface area contributed by atoms with Gasteiger partial charge in [0.1, 0.15) is 18.1 Å². The van der Waals surface area contributed by atoms with Gasteiger partial charge in [-0.05, 0) is 23.8 Å². The van der Waals surface area contributed by atoms with Gasteiger partial charge in [0, 0.05) is 18.6 Å². The quantitative estimate of drug-likeness (QED) is 0.725. The Morgan fingerprint density at radius 1 is 1.17 bits per heavy atom. The van der Waals surface area contributed by atoms with Crippen LogP contribution in [-0.2, 0) is 6.61 Å². The summed E-state index contributed by atoms with van der Waals surface area (Å²) in [6.45, 7) is 0.383. The predicted octanol–water partition coefficient (Wildman–Crippen LogP) is 1.51. The lowest BCUT2D eigenvalue weighted by molar-refractivity contribution is 0.282. The summed E-state index contributed by atoms with van der Waals surface area (Å²) in [6.07, 6.45) is 5.19. The van der Waals surface area contributed by atoms with Gasteiger partial charge in [-0.25, -0.2) is 0 Å². The molecule has 0 aliphatic heterocycles. The summed E-state index contributed by atoms with van der Waals surface area (Å²) >= 11 is 0. The largest absolute Gasteiger partial charge is 0.458 e. The number of aromatic amines is 1. The molecule has 0 amide bonds. The van der Waals surface area contributed by atoms with E-state index in [9.17, 15) is 0 Å². The predicted molar refractivity (Wildman–Crippen MR) is 66.9 cm³/mol. The summed E-state index contributed by atoms with van der Waals surface area (Å²) < 4.78 is 5.50. The number of fused-ring (bicyclic) bond motifs is 1. The molecule has 0 radical (unpaired) electrons. The van der Waals surface area contributed by atoms with E-state index < -0.39 is 0 Å². The number of H-pyrrole nitrogens is 1. The zero-order valence-corrected chi connectivity index (χ0v) is 9.50. The van der Waals surface area contributed by atoms with E-state index in [-0.39, 0.29) is 6.01 Å². The van der Waals surface area contributed by atoms with Crippen molar-refractivity contribution in [1.82, 2.24) is 19.9 Å². The van der Waals surface area contributed by atoms with E-state index >= 15 is 0 Å². The molecule has 3 N–H and O–H groups in total. The standard InChI is InChI=1S/C12H11N5O/c13-10-9-3-6-15-11(9)17-12(16-10)18-7-8-1-4-14-5-2-8/h1-6H,7H2,(H3,13,15,16,17). The molecule has 3 aromatic heterocycles. The fourth-order valence-corrected chi connectivity index (χ4v) is 1.64. The van der Waals surface area contributed by atoms with Gasteiger partial charge < -0.3 is 15.5 Å². The van der Waals surface area contributed by atoms with Crippen molar-refractivity contribution in [3.63, 3.8) is 0 Å². The van der Waals surface area contributed by atoms with Crippen molar-refractivity contribution in [2.45, 2.75) is 6.61 Å². The van der Waals surface area contributed by atoms with E-state index in [1.54, 1.807) is 18.6 Å². The SMILES string of the molecule is Nc1nc(OCc2ccncc2)nc2[nH]ccc12. The molecule has 0 unspecified atom stereocenters. The molecule has 3 heterocycles. The van der Waals surface area contributed by atoms with Crippen LogP contribution in [-0.4, -0.2) is 19.9 Å². The maximum Gasteiger partial charge on any atom is 0.320 e. The normalized spacial score (nSPS) is 10.7. The van der Waals surface area contributed by atoms with Crippen LogP contribution in [0.5, 0.6) is 6.01 Å². The Morgan fingerprint density at radius 3 is 2.83 bits per heavy atom. The van der Waals surface area contributed by atoms with Gasteiger partial charge in [-0.1, -0.05) is 0 Å². The van der Waals surface area contributed by atoms with Crippen molar-refractivity contribution in [3.05, 3.63) is 42.4 Å². The van der Waals surface area contributed by atoms with Crippen molar-refractivity contribution in [2.24, 2.45) is 0 Å². The molecular formula is C12H11N5O. The summed E-state index contributed by atoms with van der Waals surface area (Å²) in [4.78, 5) is 15.2. The summed E-state index contributed by atoms with van der Waals surface area (Å²) in [6, 6.07) is 5.84. The Morgan fingerprint density at radius 2 is 2.00 bits per heavy atom. The minimum Gasteiger partial charge on any atom is -0.458 e. The minimum atomic E-state index is 0.263. The molecule has 6 nitrogen and oxygen atoms in total. The van der Waals surface area contributed by atoms with E-state index in [1.807, 2.05) is 18.2 Å². The first-order chi connectivity index (χ1) is 8.83. The van der Waals surface area contributed by atoms with E-state index in [1.165, 1.54) is 0 Å². The lowest BCUT2D eigenvalue weighted by Crippen LogP contribution is -2.02. The molecule has 0 spiro atoms. The van der Waals surface area contributed by atoms with Crippen molar-refractivity contribution < 1.29 is 4.74 Å². The van der Waals surface area contributed by atoms with Crippen LogP contribution in [0.25, 0.3) is 11.0 Å². The summed E-state index contributed by atoms with van der Waals surface area (Å²) in [5, 5.41) is 0.797. The molecule has 0 aromatic carbocycles. The third kappa shape index (κ3) is 1.95. The van der Waals surface area contributed by atoms with Gasteiger partial charge in [0.15, 0.2) is 0 Å². The fourth-order valence-electron chi connectivity index (χ4n) is 1.64. The summed E-state index contributed by atoms with van der Waals surface area (Å²) in [5.41, 5.74) is 7.48. The lowest BCUT2D eigenvalue weighted by Gasteiger charge is -2.05. The Kier molecular flexibility index (Phi) is 2.53. The first-order valence-electron chi connectivity index (χ1n) is 5.45. The number of pyridine rings is 1. The number of rotatable bonds is 3. The zero-order chi connectivity index (χ0) is 12.4. The van der Waals surface area contributed by atoms with Gasteiger partial charge in [-0.3, -0.25) is 4.98 Å². The highest BCUT2D eigenvalue weighted by atomic mass is 16.5. The number of ether oxygens (including phenoxy) is 1. The van der Waals surface area contributed by atoms with E-state index in [0.29, 0.717) is 18.1 Å². The van der Waals surface area contributed by atoms with Gasteiger partial charge in [0.05, 0.1) is 5.39 Å². The van der Waals surface area contributed by atoms with Crippen LogP contribution in [0.4, 0.5) is 5.82 Å². The van der Waals surface area contributed by atoms with Crippen LogP contribution in [0.15, 0.2) is 36.8 Å². The summed E-state index contributed by atoms with van der Waals surface area (Å²) in [7, 11) is 0. The third-order valence-electron chi connectivity index (χ3n) is 2.54. The molecule has 0 saturated heterocycles. The highest BCUT2D eigenvalue weighted by Gasteiger charge is 2.06. The number of nitrogens with two attached hydrogens (primary N) is 1. The fraction of sp³-hybridized carbons (Fsp3) is 0.0833. The van der Waals surface area contributed by atoms with Crippen LogP contribution in [0, 0.1) is 0 Å². The van der Waals surface area contributed by atoms with Crippen molar-refractivity contribution in [1.29, 1.82) is 0 Å². The van der Waals surface area contributed by atoms with Crippen LogP contribution >= 0.6 is 0 Å². The molecule has 90 valence electrons. The maximum absolute atomic E-state index is 5.81. The average molecular weight is 241 g/mol. The molecule has 0 aliphatic rings. The number of anilines is 1. The Labute approximate surface area is 103 Å². The molecule has 3 aromatic rings. The first kappa shape index (κ1) is 10.5. The number of nitrogens with zero attached hydrogens (tertiary/aromatic N) is 3. The van der Waals surface area contributed by atoms with Crippen LogP contribution in [0.3, 0.4) is 0 Å². The molecule has 18 heavy (non-hydrogen) atoms. The summed E-state index contributed by atoms with van der Waals surface area (Å²) in [5.74, 6) is 0.408. The van der Waals surface area contributed by atoms with Crippen molar-refractivity contribution in [3.8, 4) is 6.01 Å². The van der Waals surface area contributed by atoms with Crippen molar-refractivity contribution in [2.75, 3.05) is 5.73 Å². The van der Waals surface area contributed by atoms with Crippen molar-refractivity contribution >= 4 is 16.9 Å². The second-order valence-corrected chi connectivity index (χ2v) is 3.78. The van der Waals surface area contributed by atoms with E-state index in [0.717, 1.165) is 10.9 Å². The topological polar surface area (TPSA) is 89.7 Å². The monoisotopic (exact) mass is 241 g/mol. The Balaban J connectivity index is 1.82. The van der Waals surface area contributed by atoms with Crippen LogP contribution < -0.4 is 10.5 Å². The molecule has 0 atom stereocenters. The number of hydrogen-bond acceptors (Lipinski definition) is 5. The van der Waals surface area contributed by atoms with Gasteiger partial charge in [0.2, 0.25) is 0 Å². The lowest BCUT2D eigenvalue weighted by atomic mass is 10.3. The molecular weight excluding hydrogens is 230 g/mol. The molecule has 3 rings (SSSR count). The first-order valence-corrected chi connectivity index (χ1v) is 5.45. The minimum absolute atomic E-state index is 0.263. The van der Waals surface area contributed by atoms with Gasteiger partial charge in [-0.15, -0.1) is 0 Å². The Hall–Kier alpha value is -2.63.